The number of nitrogens with one attached hydrogen (secondary N) is 2. The molecule has 5 heteroatoms. The monoisotopic (exact) mass is 225 g/mol. The van der Waals surface area contributed by atoms with Gasteiger partial charge in [0.25, 0.3) is 0 Å². The van der Waals surface area contributed by atoms with Gasteiger partial charge in [-0.2, -0.15) is 0 Å². The average molecular weight is 225 g/mol. The van der Waals surface area contributed by atoms with Crippen LogP contribution in [0.1, 0.15) is 20.3 Å². The Balaban J connectivity index is 2.17. The summed E-state index contributed by atoms with van der Waals surface area (Å²) in [5.41, 5.74) is -0.240. The molecule has 16 heavy (non-hydrogen) atoms. The summed E-state index contributed by atoms with van der Waals surface area (Å²) >= 11 is 0. The van der Waals surface area contributed by atoms with Crippen LogP contribution in [0.25, 0.3) is 0 Å². The quantitative estimate of drug-likeness (QED) is 0.622. The molecule has 0 bridgehead atoms. The first-order valence-corrected chi connectivity index (χ1v) is 5.78. The number of carbonyl (C=O) groups is 2. The first-order chi connectivity index (χ1) is 7.53. The van der Waals surface area contributed by atoms with Crippen LogP contribution in [0.3, 0.4) is 0 Å². The number of fused-ring (bicyclic) bond motifs is 1. The number of amides is 2. The molecule has 2 rings (SSSR count). The lowest BCUT2D eigenvalue weighted by atomic mass is 9.82. The van der Waals surface area contributed by atoms with Crippen molar-refractivity contribution in [2.24, 2.45) is 5.92 Å². The van der Waals surface area contributed by atoms with Crippen molar-refractivity contribution >= 4 is 11.8 Å². The Hall–Kier alpha value is -1.10. The van der Waals surface area contributed by atoms with Crippen LogP contribution in [0.15, 0.2) is 0 Å². The van der Waals surface area contributed by atoms with E-state index >= 15 is 0 Å². The van der Waals surface area contributed by atoms with E-state index < -0.39 is 0 Å². The lowest BCUT2D eigenvalue weighted by Gasteiger charge is -2.39. The van der Waals surface area contributed by atoms with Gasteiger partial charge in [-0.3, -0.25) is 9.59 Å². The minimum atomic E-state index is -0.240. The van der Waals surface area contributed by atoms with Crippen LogP contribution < -0.4 is 10.6 Å². The highest BCUT2D eigenvalue weighted by Gasteiger charge is 2.49. The van der Waals surface area contributed by atoms with Gasteiger partial charge in [-0.15, -0.1) is 0 Å². The Bertz CT molecular complexity index is 318. The Kier molecular flexibility index (Phi) is 2.88. The number of nitrogens with zero attached hydrogens (tertiary/aromatic N) is 1. The number of hydrogen-bond donors (Lipinski definition) is 2. The zero-order valence-electron chi connectivity index (χ0n) is 9.88. The van der Waals surface area contributed by atoms with Crippen molar-refractivity contribution in [2.75, 3.05) is 26.2 Å². The van der Waals surface area contributed by atoms with Crippen molar-refractivity contribution in [3.05, 3.63) is 0 Å². The van der Waals surface area contributed by atoms with Crippen LogP contribution in [0.4, 0.5) is 0 Å². The summed E-state index contributed by atoms with van der Waals surface area (Å²) in [5.74, 6) is 0.472. The molecule has 0 saturated carbocycles. The van der Waals surface area contributed by atoms with Gasteiger partial charge in [0.1, 0.15) is 0 Å². The highest BCUT2D eigenvalue weighted by atomic mass is 16.2. The SMILES string of the molecule is CC(=O)N[C@@]12CNCC[C@H]1CN(C(C)=O)C2. The molecule has 2 aliphatic heterocycles. The fourth-order valence-corrected chi connectivity index (χ4v) is 2.91. The van der Waals surface area contributed by atoms with Crippen LogP contribution in [0.2, 0.25) is 0 Å². The molecule has 2 amide bonds. The van der Waals surface area contributed by atoms with E-state index in [4.69, 9.17) is 0 Å². The zero-order valence-corrected chi connectivity index (χ0v) is 9.88. The van der Waals surface area contributed by atoms with Crippen LogP contribution in [-0.4, -0.2) is 48.4 Å². The van der Waals surface area contributed by atoms with Gasteiger partial charge in [0.2, 0.25) is 11.8 Å². The summed E-state index contributed by atoms with van der Waals surface area (Å²) in [7, 11) is 0. The Morgan fingerprint density at radius 2 is 2.19 bits per heavy atom. The van der Waals surface area contributed by atoms with E-state index in [2.05, 4.69) is 10.6 Å². The van der Waals surface area contributed by atoms with Crippen molar-refractivity contribution in [3.8, 4) is 0 Å². The molecule has 2 saturated heterocycles. The van der Waals surface area contributed by atoms with E-state index in [9.17, 15) is 9.59 Å². The van der Waals surface area contributed by atoms with Crippen molar-refractivity contribution in [1.29, 1.82) is 0 Å². The summed E-state index contributed by atoms with van der Waals surface area (Å²) in [6.07, 6.45) is 1.02. The molecule has 2 fully saturated rings. The summed E-state index contributed by atoms with van der Waals surface area (Å²) in [6.45, 7) is 6.28. The predicted octanol–water partition coefficient (Wildman–Crippen LogP) is -0.667. The molecular weight excluding hydrogens is 206 g/mol. The molecule has 0 aromatic rings. The van der Waals surface area contributed by atoms with Gasteiger partial charge in [-0.05, 0) is 13.0 Å². The molecule has 0 aromatic carbocycles. The third kappa shape index (κ3) is 1.91. The van der Waals surface area contributed by atoms with E-state index in [0.29, 0.717) is 12.5 Å². The standard InChI is InChI=1S/C11H19N3O2/c1-8(15)13-11-6-12-4-3-10(11)5-14(7-11)9(2)16/h10,12H,3-7H2,1-2H3,(H,13,15)/t10-,11+/m0/s1. The third-order valence-electron chi connectivity index (χ3n) is 3.68. The smallest absolute Gasteiger partial charge is 0.219 e. The maximum atomic E-state index is 11.4. The molecule has 0 aromatic heterocycles. The second-order valence-electron chi connectivity index (χ2n) is 4.90. The van der Waals surface area contributed by atoms with Crippen molar-refractivity contribution < 1.29 is 9.59 Å². The predicted molar refractivity (Wildman–Crippen MR) is 59.8 cm³/mol. The van der Waals surface area contributed by atoms with Crippen LogP contribution in [0.5, 0.6) is 0 Å². The van der Waals surface area contributed by atoms with Crippen LogP contribution in [-0.2, 0) is 9.59 Å². The molecule has 90 valence electrons. The Labute approximate surface area is 95.6 Å². The maximum Gasteiger partial charge on any atom is 0.219 e. The summed E-state index contributed by atoms with van der Waals surface area (Å²) in [5, 5.41) is 6.36. The van der Waals surface area contributed by atoms with Gasteiger partial charge in [-0.25, -0.2) is 0 Å². The van der Waals surface area contributed by atoms with Crippen LogP contribution >= 0.6 is 0 Å². The lowest BCUT2D eigenvalue weighted by molar-refractivity contribution is -0.128. The molecular formula is C11H19N3O2. The van der Waals surface area contributed by atoms with E-state index in [1.54, 1.807) is 6.92 Å². The van der Waals surface area contributed by atoms with E-state index in [0.717, 1.165) is 26.1 Å². The number of likely N-dealkylation sites (tertiary alicyclic amines) is 1. The van der Waals surface area contributed by atoms with Gasteiger partial charge in [0.05, 0.1) is 5.54 Å². The molecule has 0 unspecified atom stereocenters. The minimum absolute atomic E-state index is 0.0147. The molecule has 2 N–H and O–H groups in total. The number of hydrogen-bond acceptors (Lipinski definition) is 3. The van der Waals surface area contributed by atoms with Crippen LogP contribution in [0, 0.1) is 5.92 Å². The molecule has 0 aliphatic carbocycles. The number of piperidine rings is 1. The topological polar surface area (TPSA) is 61.4 Å². The van der Waals surface area contributed by atoms with Gasteiger partial charge in [0, 0.05) is 39.4 Å². The summed E-state index contributed by atoms with van der Waals surface area (Å²) in [6, 6.07) is 0. The van der Waals surface area contributed by atoms with Gasteiger partial charge in [0.15, 0.2) is 0 Å². The first-order valence-electron chi connectivity index (χ1n) is 5.78. The van der Waals surface area contributed by atoms with Crippen molar-refractivity contribution in [1.82, 2.24) is 15.5 Å². The minimum Gasteiger partial charge on any atom is -0.347 e. The molecule has 2 atom stereocenters. The largest absolute Gasteiger partial charge is 0.347 e. The summed E-state index contributed by atoms with van der Waals surface area (Å²) < 4.78 is 0. The van der Waals surface area contributed by atoms with Gasteiger partial charge in [-0.1, -0.05) is 0 Å². The molecule has 0 spiro atoms. The highest BCUT2D eigenvalue weighted by molar-refractivity contribution is 5.76. The lowest BCUT2D eigenvalue weighted by Crippen LogP contribution is -2.62. The first kappa shape index (κ1) is 11.4. The molecule has 0 radical (unpaired) electrons. The van der Waals surface area contributed by atoms with E-state index in [-0.39, 0.29) is 17.4 Å². The molecule has 2 heterocycles. The van der Waals surface area contributed by atoms with E-state index in [1.807, 2.05) is 4.90 Å². The van der Waals surface area contributed by atoms with E-state index in [1.165, 1.54) is 6.92 Å². The molecule has 5 nitrogen and oxygen atoms in total. The third-order valence-corrected chi connectivity index (χ3v) is 3.68. The second-order valence-corrected chi connectivity index (χ2v) is 4.90. The van der Waals surface area contributed by atoms with Crippen molar-refractivity contribution in [2.45, 2.75) is 25.8 Å². The zero-order chi connectivity index (χ0) is 11.8. The normalized spacial score (nSPS) is 33.4. The van der Waals surface area contributed by atoms with Gasteiger partial charge >= 0.3 is 0 Å². The number of carbonyl (C=O) groups excluding carboxylic acids is 2. The number of rotatable bonds is 1. The maximum absolute atomic E-state index is 11.4. The molecule has 2 aliphatic rings. The highest BCUT2D eigenvalue weighted by Crippen LogP contribution is 2.32. The van der Waals surface area contributed by atoms with Gasteiger partial charge < -0.3 is 15.5 Å². The fraction of sp³-hybridized carbons (Fsp3) is 0.818. The average Bonchev–Trinajstić information content (AvgIpc) is 2.55. The summed E-state index contributed by atoms with van der Waals surface area (Å²) in [4.78, 5) is 24.5. The Morgan fingerprint density at radius 1 is 1.44 bits per heavy atom. The van der Waals surface area contributed by atoms with Crippen molar-refractivity contribution in [3.63, 3.8) is 0 Å². The Morgan fingerprint density at radius 3 is 2.81 bits per heavy atom. The fourth-order valence-electron chi connectivity index (χ4n) is 2.91. The second kappa shape index (κ2) is 4.05.